The maximum atomic E-state index is 13.2. The van der Waals surface area contributed by atoms with Crippen molar-refractivity contribution >= 4 is 11.9 Å². The van der Waals surface area contributed by atoms with Crippen LogP contribution in [0.15, 0.2) is 0 Å². The maximum absolute atomic E-state index is 13.2. The van der Waals surface area contributed by atoms with Crippen molar-refractivity contribution in [2.24, 2.45) is 23.2 Å². The zero-order chi connectivity index (χ0) is 18.4. The SMILES string of the molecule is CC(F)(F)C(=O)OC1C2CC3CC1CC(C(=O)OCC(O)CO)(C3)C2. The van der Waals surface area contributed by atoms with Gasteiger partial charge in [-0.25, -0.2) is 4.79 Å². The Morgan fingerprint density at radius 1 is 1.24 bits per heavy atom. The summed E-state index contributed by atoms with van der Waals surface area (Å²) < 4.78 is 36.6. The van der Waals surface area contributed by atoms with Gasteiger partial charge in [0, 0.05) is 6.92 Å². The monoisotopic (exact) mass is 362 g/mol. The molecule has 4 fully saturated rings. The number of hydrogen-bond donors (Lipinski definition) is 2. The highest BCUT2D eigenvalue weighted by atomic mass is 19.3. The highest BCUT2D eigenvalue weighted by Crippen LogP contribution is 2.61. The lowest BCUT2D eigenvalue weighted by atomic mass is 9.48. The third-order valence-corrected chi connectivity index (χ3v) is 5.84. The van der Waals surface area contributed by atoms with Crippen LogP contribution in [0.3, 0.4) is 0 Å². The number of aliphatic hydroxyl groups is 2. The van der Waals surface area contributed by atoms with Crippen LogP contribution in [-0.4, -0.2) is 53.5 Å². The minimum atomic E-state index is -3.52. The molecule has 4 bridgehead atoms. The van der Waals surface area contributed by atoms with Crippen LogP contribution < -0.4 is 0 Å². The summed E-state index contributed by atoms with van der Waals surface area (Å²) in [5.74, 6) is -5.38. The Kier molecular flexibility index (Phi) is 4.79. The predicted molar refractivity (Wildman–Crippen MR) is 80.5 cm³/mol. The Hall–Kier alpha value is -1.28. The molecule has 0 heterocycles. The first kappa shape index (κ1) is 18.5. The number of aliphatic hydroxyl groups excluding tert-OH is 2. The van der Waals surface area contributed by atoms with E-state index in [1.165, 1.54) is 0 Å². The second-order valence-corrected chi connectivity index (χ2v) is 7.94. The molecular formula is C17H24F2O6. The first-order valence-corrected chi connectivity index (χ1v) is 8.69. The van der Waals surface area contributed by atoms with Gasteiger partial charge in [-0.05, 0) is 49.9 Å². The molecule has 0 aromatic carbocycles. The lowest BCUT2D eigenvalue weighted by Gasteiger charge is -2.57. The van der Waals surface area contributed by atoms with Gasteiger partial charge < -0.3 is 19.7 Å². The number of esters is 2. The van der Waals surface area contributed by atoms with Crippen molar-refractivity contribution in [3.63, 3.8) is 0 Å². The molecule has 25 heavy (non-hydrogen) atoms. The van der Waals surface area contributed by atoms with Gasteiger partial charge in [0.15, 0.2) is 0 Å². The number of alkyl halides is 2. The molecule has 4 saturated carbocycles. The van der Waals surface area contributed by atoms with E-state index in [0.717, 1.165) is 12.8 Å². The van der Waals surface area contributed by atoms with E-state index in [9.17, 15) is 23.5 Å². The van der Waals surface area contributed by atoms with Gasteiger partial charge in [0.1, 0.15) is 18.8 Å². The van der Waals surface area contributed by atoms with Crippen molar-refractivity contribution in [2.45, 2.75) is 57.2 Å². The van der Waals surface area contributed by atoms with Gasteiger partial charge in [0.05, 0.1) is 12.0 Å². The molecule has 0 amide bonds. The molecule has 4 rings (SSSR count). The van der Waals surface area contributed by atoms with E-state index in [-0.39, 0.29) is 18.4 Å². The molecule has 3 unspecified atom stereocenters. The van der Waals surface area contributed by atoms with E-state index >= 15 is 0 Å². The van der Waals surface area contributed by atoms with Crippen LogP contribution in [-0.2, 0) is 19.1 Å². The summed E-state index contributed by atoms with van der Waals surface area (Å²) in [4.78, 5) is 24.1. The summed E-state index contributed by atoms with van der Waals surface area (Å²) in [5.41, 5.74) is -0.691. The molecular weight excluding hydrogens is 338 g/mol. The van der Waals surface area contributed by atoms with Gasteiger partial charge in [-0.3, -0.25) is 4.79 Å². The van der Waals surface area contributed by atoms with Crippen LogP contribution in [0, 0.1) is 23.2 Å². The first-order chi connectivity index (χ1) is 11.6. The molecule has 4 aliphatic rings. The van der Waals surface area contributed by atoms with Crippen molar-refractivity contribution in [1.82, 2.24) is 0 Å². The molecule has 4 aliphatic carbocycles. The molecule has 0 saturated heterocycles. The first-order valence-electron chi connectivity index (χ1n) is 8.69. The average molecular weight is 362 g/mol. The van der Waals surface area contributed by atoms with Crippen LogP contribution in [0.4, 0.5) is 8.78 Å². The van der Waals surface area contributed by atoms with E-state index in [1.54, 1.807) is 0 Å². The van der Waals surface area contributed by atoms with E-state index in [4.69, 9.17) is 14.6 Å². The van der Waals surface area contributed by atoms with Crippen molar-refractivity contribution < 1.29 is 38.1 Å². The number of carbonyl (C=O) groups excluding carboxylic acids is 2. The number of carbonyl (C=O) groups is 2. The Labute approximate surface area is 144 Å². The second-order valence-electron chi connectivity index (χ2n) is 7.94. The summed E-state index contributed by atoms with van der Waals surface area (Å²) in [7, 11) is 0. The molecule has 6 nitrogen and oxygen atoms in total. The van der Waals surface area contributed by atoms with Crippen molar-refractivity contribution in [3.05, 3.63) is 0 Å². The standard InChI is InChI=1S/C17H24F2O6/c1-16(18,19)14(22)25-13-10-2-9-3-11(13)6-17(4-9,5-10)15(23)24-8-12(21)7-20/h9-13,20-21H,2-8H2,1H3. The van der Waals surface area contributed by atoms with Crippen LogP contribution in [0.25, 0.3) is 0 Å². The van der Waals surface area contributed by atoms with Crippen molar-refractivity contribution in [2.75, 3.05) is 13.2 Å². The van der Waals surface area contributed by atoms with Crippen molar-refractivity contribution in [1.29, 1.82) is 0 Å². The predicted octanol–water partition coefficient (Wildman–Crippen LogP) is 1.28. The van der Waals surface area contributed by atoms with E-state index < -0.39 is 42.1 Å². The normalized spacial score (nSPS) is 37.6. The Morgan fingerprint density at radius 2 is 1.84 bits per heavy atom. The topological polar surface area (TPSA) is 93.1 Å². The lowest BCUT2D eigenvalue weighted by Crippen LogP contribution is -2.58. The summed E-state index contributed by atoms with van der Waals surface area (Å²) in [6.07, 6.45) is 1.41. The van der Waals surface area contributed by atoms with Crippen LogP contribution >= 0.6 is 0 Å². The van der Waals surface area contributed by atoms with Crippen LogP contribution in [0.5, 0.6) is 0 Å². The average Bonchev–Trinajstić information content (AvgIpc) is 2.53. The van der Waals surface area contributed by atoms with Gasteiger partial charge >= 0.3 is 17.9 Å². The minimum Gasteiger partial charge on any atom is -0.462 e. The van der Waals surface area contributed by atoms with E-state index in [0.29, 0.717) is 32.1 Å². The van der Waals surface area contributed by atoms with Gasteiger partial charge in [-0.2, -0.15) is 8.78 Å². The fraction of sp³-hybridized carbons (Fsp3) is 0.882. The zero-order valence-corrected chi connectivity index (χ0v) is 14.1. The second kappa shape index (κ2) is 6.46. The minimum absolute atomic E-state index is 0.118. The van der Waals surface area contributed by atoms with Gasteiger partial charge in [0.25, 0.3) is 0 Å². The largest absolute Gasteiger partial charge is 0.462 e. The maximum Gasteiger partial charge on any atom is 0.376 e. The molecule has 3 atom stereocenters. The highest BCUT2D eigenvalue weighted by Gasteiger charge is 2.60. The van der Waals surface area contributed by atoms with Gasteiger partial charge in [-0.1, -0.05) is 0 Å². The molecule has 8 heteroatoms. The van der Waals surface area contributed by atoms with E-state index in [2.05, 4.69) is 0 Å². The molecule has 0 radical (unpaired) electrons. The molecule has 0 aromatic rings. The number of hydrogen-bond acceptors (Lipinski definition) is 6. The molecule has 2 N–H and O–H groups in total. The number of ether oxygens (including phenoxy) is 2. The fourth-order valence-corrected chi connectivity index (χ4v) is 5.02. The van der Waals surface area contributed by atoms with E-state index in [1.807, 2.05) is 0 Å². The smallest absolute Gasteiger partial charge is 0.376 e. The summed E-state index contributed by atoms with van der Waals surface area (Å²) in [6, 6.07) is 0. The Bertz CT molecular complexity index is 530. The molecule has 0 aliphatic heterocycles. The molecule has 0 spiro atoms. The van der Waals surface area contributed by atoms with Crippen LogP contribution in [0.2, 0.25) is 0 Å². The van der Waals surface area contributed by atoms with Gasteiger partial charge in [-0.15, -0.1) is 0 Å². The quantitative estimate of drug-likeness (QED) is 0.692. The third kappa shape index (κ3) is 3.51. The fourth-order valence-electron chi connectivity index (χ4n) is 5.02. The Morgan fingerprint density at radius 3 is 2.36 bits per heavy atom. The number of rotatable bonds is 6. The third-order valence-electron chi connectivity index (χ3n) is 5.84. The number of halogens is 2. The molecule has 142 valence electrons. The summed E-state index contributed by atoms with van der Waals surface area (Å²) in [6.45, 7) is -0.230. The highest BCUT2D eigenvalue weighted by molar-refractivity contribution is 5.78. The summed E-state index contributed by atoms with van der Waals surface area (Å²) in [5, 5.41) is 18.2. The lowest BCUT2D eigenvalue weighted by molar-refractivity contribution is -0.208. The Balaban J connectivity index is 1.68. The van der Waals surface area contributed by atoms with Gasteiger partial charge in [0.2, 0.25) is 0 Å². The summed E-state index contributed by atoms with van der Waals surface area (Å²) >= 11 is 0. The van der Waals surface area contributed by atoms with Crippen molar-refractivity contribution in [3.8, 4) is 0 Å². The van der Waals surface area contributed by atoms with Crippen LogP contribution in [0.1, 0.15) is 39.0 Å². The molecule has 0 aromatic heterocycles. The zero-order valence-electron chi connectivity index (χ0n) is 14.1.